The molecule has 1 unspecified atom stereocenters. The van der Waals surface area contributed by atoms with Crippen molar-refractivity contribution in [3.8, 4) is 11.4 Å². The lowest BCUT2D eigenvalue weighted by atomic mass is 10.1. The van der Waals surface area contributed by atoms with Crippen molar-refractivity contribution in [2.75, 3.05) is 11.4 Å². The lowest BCUT2D eigenvalue weighted by Gasteiger charge is -2.27. The highest BCUT2D eigenvalue weighted by molar-refractivity contribution is 8.00. The summed E-state index contributed by atoms with van der Waals surface area (Å²) in [4.78, 5) is 28.0. The molecular weight excluding hydrogens is 553 g/mol. The van der Waals surface area contributed by atoms with Crippen molar-refractivity contribution in [1.29, 1.82) is 0 Å². The van der Waals surface area contributed by atoms with E-state index in [-0.39, 0.29) is 25.0 Å². The predicted octanol–water partition coefficient (Wildman–Crippen LogP) is 5.98. The van der Waals surface area contributed by atoms with E-state index in [0.29, 0.717) is 16.7 Å². The number of halogens is 1. The van der Waals surface area contributed by atoms with Gasteiger partial charge in [0.15, 0.2) is 11.0 Å². The van der Waals surface area contributed by atoms with Gasteiger partial charge in [0.1, 0.15) is 24.7 Å². The fourth-order valence-corrected chi connectivity index (χ4v) is 5.17. The number of amides is 2. The van der Waals surface area contributed by atoms with E-state index in [2.05, 4.69) is 22.4 Å². The molecule has 2 amide bonds. The number of hydrogen-bond donors (Lipinski definition) is 1. The summed E-state index contributed by atoms with van der Waals surface area (Å²) in [6, 6.07) is 23.0. The summed E-state index contributed by atoms with van der Waals surface area (Å²) in [7, 11) is 0. The number of aromatic nitrogens is 3. The second-order valence-electron chi connectivity index (χ2n) is 10.8. The van der Waals surface area contributed by atoms with Gasteiger partial charge in [-0.15, -0.1) is 10.2 Å². The zero-order valence-corrected chi connectivity index (χ0v) is 25.3. The van der Waals surface area contributed by atoms with Crippen LogP contribution in [0.2, 0.25) is 0 Å². The van der Waals surface area contributed by atoms with Crippen molar-refractivity contribution in [2.45, 2.75) is 63.6 Å². The lowest BCUT2D eigenvalue weighted by Crippen LogP contribution is -2.48. The Hall–Kier alpha value is -4.18. The van der Waals surface area contributed by atoms with Gasteiger partial charge in [-0.2, -0.15) is 0 Å². The molecule has 0 aliphatic carbocycles. The summed E-state index contributed by atoms with van der Waals surface area (Å²) in [6.45, 7) is 9.41. The van der Waals surface area contributed by atoms with Crippen LogP contribution in [0.1, 0.15) is 46.0 Å². The fourth-order valence-electron chi connectivity index (χ4n) is 4.22. The zero-order valence-electron chi connectivity index (χ0n) is 24.5. The first-order chi connectivity index (χ1) is 20.0. The smallest absolute Gasteiger partial charge is 0.240 e. The molecule has 0 saturated heterocycles. The van der Waals surface area contributed by atoms with Crippen LogP contribution >= 0.6 is 11.8 Å². The third-order valence-corrected chi connectivity index (χ3v) is 7.29. The lowest BCUT2D eigenvalue weighted by molar-refractivity contribution is -0.124. The topological polar surface area (TPSA) is 89.4 Å². The number of rotatable bonds is 11. The van der Waals surface area contributed by atoms with E-state index < -0.39 is 16.6 Å². The van der Waals surface area contributed by atoms with Gasteiger partial charge in [0.25, 0.3) is 0 Å². The third-order valence-electron chi connectivity index (χ3n) is 6.26. The molecule has 4 rings (SSSR count). The van der Waals surface area contributed by atoms with E-state index >= 15 is 0 Å². The van der Waals surface area contributed by atoms with Crippen molar-refractivity contribution >= 4 is 29.3 Å². The first-order valence-electron chi connectivity index (χ1n) is 13.8. The van der Waals surface area contributed by atoms with Crippen LogP contribution in [-0.4, -0.2) is 43.9 Å². The molecule has 42 heavy (non-hydrogen) atoms. The monoisotopic (exact) mass is 589 g/mol. The van der Waals surface area contributed by atoms with Gasteiger partial charge in [-0.3, -0.25) is 14.2 Å². The van der Waals surface area contributed by atoms with Crippen LogP contribution in [0.3, 0.4) is 0 Å². The highest BCUT2D eigenvalue weighted by Crippen LogP contribution is 2.29. The maximum absolute atomic E-state index is 13.8. The first-order valence-corrected chi connectivity index (χ1v) is 14.7. The van der Waals surface area contributed by atoms with E-state index in [1.165, 1.54) is 46.5 Å². The molecule has 1 atom stereocenters. The molecule has 0 bridgehead atoms. The minimum atomic E-state index is -0.653. The van der Waals surface area contributed by atoms with Crippen molar-refractivity contribution in [2.24, 2.45) is 0 Å². The second kappa shape index (κ2) is 13.7. The van der Waals surface area contributed by atoms with Crippen molar-refractivity contribution in [3.05, 3.63) is 96.1 Å². The number of para-hydroxylation sites is 1. The number of benzene rings is 3. The molecule has 0 aliphatic heterocycles. The molecular formula is C32H36FN5O3S. The predicted molar refractivity (Wildman–Crippen MR) is 163 cm³/mol. The maximum Gasteiger partial charge on any atom is 0.240 e. The fraction of sp³-hybridized carbons (Fsp3) is 0.312. The molecule has 0 radical (unpaired) electrons. The average Bonchev–Trinajstić information content (AvgIpc) is 3.36. The molecule has 1 N–H and O–H groups in total. The van der Waals surface area contributed by atoms with Gasteiger partial charge in [-0.25, -0.2) is 4.39 Å². The van der Waals surface area contributed by atoms with Crippen LogP contribution in [-0.2, 0) is 22.6 Å². The summed E-state index contributed by atoms with van der Waals surface area (Å²) in [5.74, 6) is 0.210. The summed E-state index contributed by atoms with van der Waals surface area (Å²) in [5.41, 5.74) is 1.99. The van der Waals surface area contributed by atoms with Gasteiger partial charge in [-0.05, 0) is 88.2 Å². The number of thioether (sulfide) groups is 1. The van der Waals surface area contributed by atoms with Crippen molar-refractivity contribution in [1.82, 2.24) is 20.1 Å². The highest BCUT2D eigenvalue weighted by atomic mass is 32.2. The molecule has 1 heterocycles. The van der Waals surface area contributed by atoms with E-state index in [1.54, 1.807) is 6.92 Å². The molecule has 8 nitrogen and oxygen atoms in total. The molecule has 0 spiro atoms. The quantitative estimate of drug-likeness (QED) is 0.217. The van der Waals surface area contributed by atoms with E-state index in [1.807, 2.05) is 79.9 Å². The van der Waals surface area contributed by atoms with Crippen LogP contribution in [0, 0.1) is 5.82 Å². The Morgan fingerprint density at radius 2 is 1.67 bits per heavy atom. The number of aryl methyl sites for hydroxylation is 1. The minimum Gasteiger partial charge on any atom is -0.486 e. The number of nitrogens with one attached hydrogen (secondary N) is 1. The van der Waals surface area contributed by atoms with Gasteiger partial charge < -0.3 is 15.0 Å². The molecule has 0 aliphatic rings. The highest BCUT2D eigenvalue weighted by Gasteiger charge is 2.28. The number of carbonyl (C=O) groups is 2. The number of anilines is 1. The Kier molecular flexibility index (Phi) is 10.0. The molecule has 10 heteroatoms. The number of hydrogen-bond acceptors (Lipinski definition) is 6. The van der Waals surface area contributed by atoms with Gasteiger partial charge in [0.2, 0.25) is 11.8 Å². The van der Waals surface area contributed by atoms with Crippen molar-refractivity contribution < 1.29 is 18.7 Å². The Morgan fingerprint density at radius 1 is 1.00 bits per heavy atom. The molecule has 220 valence electrons. The molecule has 0 fully saturated rings. The summed E-state index contributed by atoms with van der Waals surface area (Å²) in [6.07, 6.45) is 0.944. The van der Waals surface area contributed by atoms with Crippen LogP contribution in [0.15, 0.2) is 84.0 Å². The largest absolute Gasteiger partial charge is 0.486 e. The molecule has 3 aromatic carbocycles. The van der Waals surface area contributed by atoms with Gasteiger partial charge in [0, 0.05) is 16.9 Å². The van der Waals surface area contributed by atoms with E-state index in [4.69, 9.17) is 4.74 Å². The minimum absolute atomic E-state index is 0.172. The van der Waals surface area contributed by atoms with Crippen molar-refractivity contribution in [3.63, 3.8) is 0 Å². The molecule has 0 saturated carbocycles. The number of ether oxygens (including phenoxy) is 1. The Morgan fingerprint density at radius 3 is 2.29 bits per heavy atom. The summed E-state index contributed by atoms with van der Waals surface area (Å²) in [5, 5.41) is 11.5. The van der Waals surface area contributed by atoms with Crippen LogP contribution in [0.4, 0.5) is 10.1 Å². The van der Waals surface area contributed by atoms with Gasteiger partial charge >= 0.3 is 0 Å². The Bertz CT molecular complexity index is 1490. The SMILES string of the molecule is CCc1ccc(OCc2nnc(SC(C)C(=O)N(CC(=O)NC(C)(C)C)c3ccc(F)cc3)n2-c2ccccc2)cc1. The Balaban J connectivity index is 1.58. The van der Waals surface area contributed by atoms with E-state index in [0.717, 1.165) is 17.9 Å². The van der Waals surface area contributed by atoms with Crippen LogP contribution in [0.25, 0.3) is 5.69 Å². The number of nitrogens with zero attached hydrogens (tertiary/aromatic N) is 4. The Labute approximate surface area is 250 Å². The normalized spacial score (nSPS) is 12.0. The average molecular weight is 590 g/mol. The first kappa shape index (κ1) is 30.8. The standard InChI is InChI=1S/C32H36FN5O3S/c1-6-23-12-18-27(19-13-23)41-21-28-35-36-31(38(28)26-10-8-7-9-11-26)42-22(2)30(40)37(20-29(39)34-32(3,4)5)25-16-14-24(33)15-17-25/h7-19,22H,6,20-21H2,1-5H3,(H,34,39). The second-order valence-corrected chi connectivity index (χ2v) is 12.1. The van der Waals surface area contributed by atoms with Gasteiger partial charge in [0.05, 0.1) is 5.25 Å². The molecule has 4 aromatic rings. The summed E-state index contributed by atoms with van der Waals surface area (Å²) < 4.78 is 21.6. The van der Waals surface area contributed by atoms with Crippen LogP contribution < -0.4 is 15.0 Å². The maximum atomic E-state index is 13.8. The zero-order chi connectivity index (χ0) is 30.3. The summed E-state index contributed by atoms with van der Waals surface area (Å²) >= 11 is 1.22. The van der Waals surface area contributed by atoms with Gasteiger partial charge in [-0.1, -0.05) is 49.0 Å². The van der Waals surface area contributed by atoms with Crippen LogP contribution in [0.5, 0.6) is 5.75 Å². The number of carbonyl (C=O) groups excluding carboxylic acids is 2. The van der Waals surface area contributed by atoms with E-state index in [9.17, 15) is 14.0 Å². The molecule has 1 aromatic heterocycles. The third kappa shape index (κ3) is 8.19.